The molecule has 0 bridgehead atoms. The van der Waals surface area contributed by atoms with Gasteiger partial charge in [0.25, 0.3) is 11.5 Å². The Balaban J connectivity index is 1.96. The van der Waals surface area contributed by atoms with Crippen molar-refractivity contribution in [1.29, 1.82) is 0 Å². The summed E-state index contributed by atoms with van der Waals surface area (Å²) in [5.74, 6) is 0.101. The molecule has 6 nitrogen and oxygen atoms in total. The number of carbonyl (C=O) groups excluding carboxylic acids is 1. The minimum atomic E-state index is -0.248. The van der Waals surface area contributed by atoms with Crippen molar-refractivity contribution in [2.75, 3.05) is 19.8 Å². The first-order valence-electron chi connectivity index (χ1n) is 7.95. The van der Waals surface area contributed by atoms with Gasteiger partial charge in [-0.1, -0.05) is 18.2 Å². The fourth-order valence-electron chi connectivity index (χ4n) is 2.79. The van der Waals surface area contributed by atoms with Gasteiger partial charge < -0.3 is 10.1 Å². The monoisotopic (exact) mass is 315 g/mol. The molecule has 122 valence electrons. The molecular weight excluding hydrogens is 294 g/mol. The molecule has 1 aliphatic rings. The molecule has 2 aromatic rings. The lowest BCUT2D eigenvalue weighted by Crippen LogP contribution is -2.34. The van der Waals surface area contributed by atoms with Crippen molar-refractivity contribution in [3.05, 3.63) is 40.3 Å². The van der Waals surface area contributed by atoms with Crippen LogP contribution in [-0.4, -0.2) is 35.4 Å². The van der Waals surface area contributed by atoms with Gasteiger partial charge in [-0.3, -0.25) is 9.59 Å². The zero-order chi connectivity index (χ0) is 16.4. The van der Waals surface area contributed by atoms with E-state index in [-0.39, 0.29) is 17.5 Å². The van der Waals surface area contributed by atoms with E-state index in [4.69, 9.17) is 4.74 Å². The predicted molar refractivity (Wildman–Crippen MR) is 87.6 cm³/mol. The van der Waals surface area contributed by atoms with Crippen LogP contribution in [0.1, 0.15) is 36.8 Å². The predicted octanol–water partition coefficient (Wildman–Crippen LogP) is 1.74. The average Bonchev–Trinajstić information content (AvgIpc) is 3.06. The van der Waals surface area contributed by atoms with Crippen molar-refractivity contribution in [2.45, 2.75) is 26.3 Å². The van der Waals surface area contributed by atoms with Gasteiger partial charge in [0.05, 0.1) is 18.0 Å². The van der Waals surface area contributed by atoms with Gasteiger partial charge in [0, 0.05) is 24.5 Å². The zero-order valence-electron chi connectivity index (χ0n) is 13.4. The minimum absolute atomic E-state index is 0.109. The number of aromatic nitrogens is 2. The maximum absolute atomic E-state index is 12.6. The normalized spacial score (nSPS) is 17.8. The molecule has 1 amide bonds. The van der Waals surface area contributed by atoms with E-state index in [2.05, 4.69) is 10.4 Å². The third kappa shape index (κ3) is 3.12. The van der Waals surface area contributed by atoms with Gasteiger partial charge in [-0.05, 0) is 26.3 Å². The lowest BCUT2D eigenvalue weighted by atomic mass is 10.1. The molecule has 1 unspecified atom stereocenters. The number of rotatable bonds is 4. The second-order valence-corrected chi connectivity index (χ2v) is 6.18. The fourth-order valence-corrected chi connectivity index (χ4v) is 2.79. The van der Waals surface area contributed by atoms with Crippen LogP contribution in [0.2, 0.25) is 0 Å². The third-order valence-electron chi connectivity index (χ3n) is 4.11. The molecule has 1 saturated heterocycles. The topological polar surface area (TPSA) is 73.2 Å². The van der Waals surface area contributed by atoms with Crippen molar-refractivity contribution in [3.8, 4) is 0 Å². The summed E-state index contributed by atoms with van der Waals surface area (Å²) in [4.78, 5) is 25.0. The van der Waals surface area contributed by atoms with E-state index in [1.54, 1.807) is 18.2 Å². The Morgan fingerprint density at radius 2 is 2.13 bits per heavy atom. The third-order valence-corrected chi connectivity index (χ3v) is 4.11. The number of hydrogen-bond donors (Lipinski definition) is 1. The van der Waals surface area contributed by atoms with E-state index >= 15 is 0 Å². The highest BCUT2D eigenvalue weighted by Crippen LogP contribution is 2.15. The molecular formula is C17H21N3O3. The Labute approximate surface area is 134 Å². The summed E-state index contributed by atoms with van der Waals surface area (Å²) in [5, 5.41) is 8.34. The number of nitrogens with zero attached hydrogens (tertiary/aromatic N) is 2. The number of hydrogen-bond acceptors (Lipinski definition) is 4. The molecule has 6 heteroatoms. The summed E-state index contributed by atoms with van der Waals surface area (Å²) in [5.41, 5.74) is 0.129. The van der Waals surface area contributed by atoms with E-state index in [0.717, 1.165) is 13.0 Å². The molecule has 1 N–H and O–H groups in total. The Hall–Kier alpha value is -2.21. The van der Waals surface area contributed by atoms with Crippen molar-refractivity contribution in [1.82, 2.24) is 15.1 Å². The molecule has 0 saturated carbocycles. The van der Waals surface area contributed by atoms with Gasteiger partial charge in [-0.25, -0.2) is 4.68 Å². The second kappa shape index (κ2) is 6.50. The van der Waals surface area contributed by atoms with Gasteiger partial charge in [0.15, 0.2) is 5.69 Å². The standard InChI is InChI=1S/C17H21N3O3/c1-11(2)20-17(22)14-6-4-3-5-13(14)15(19-20)16(21)18-9-12-7-8-23-10-12/h3-6,11-12H,7-10H2,1-2H3,(H,18,21). The highest BCUT2D eigenvalue weighted by molar-refractivity contribution is 6.04. The Kier molecular flexibility index (Phi) is 4.43. The smallest absolute Gasteiger partial charge is 0.274 e. The van der Waals surface area contributed by atoms with Crippen molar-refractivity contribution in [3.63, 3.8) is 0 Å². The minimum Gasteiger partial charge on any atom is -0.381 e. The molecule has 0 spiro atoms. The van der Waals surface area contributed by atoms with Gasteiger partial charge in [-0.2, -0.15) is 5.10 Å². The molecule has 1 aromatic carbocycles. The van der Waals surface area contributed by atoms with Crippen LogP contribution in [0.3, 0.4) is 0 Å². The number of nitrogens with one attached hydrogen (secondary N) is 1. The lowest BCUT2D eigenvalue weighted by Gasteiger charge is -2.14. The summed E-state index contributed by atoms with van der Waals surface area (Å²) in [6.07, 6.45) is 0.958. The van der Waals surface area contributed by atoms with Crippen molar-refractivity contribution >= 4 is 16.7 Å². The average molecular weight is 315 g/mol. The number of ether oxygens (including phenoxy) is 1. The molecule has 0 aliphatic carbocycles. The summed E-state index contributed by atoms with van der Waals surface area (Å²) < 4.78 is 6.69. The van der Waals surface area contributed by atoms with Crippen LogP contribution in [0.25, 0.3) is 10.8 Å². The Morgan fingerprint density at radius 1 is 1.39 bits per heavy atom. The molecule has 1 fully saturated rings. The largest absolute Gasteiger partial charge is 0.381 e. The fraction of sp³-hybridized carbons (Fsp3) is 0.471. The van der Waals surface area contributed by atoms with Crippen LogP contribution in [0, 0.1) is 5.92 Å². The number of benzene rings is 1. The van der Waals surface area contributed by atoms with Gasteiger partial charge in [0.2, 0.25) is 0 Å². The van der Waals surface area contributed by atoms with E-state index < -0.39 is 0 Å². The van der Waals surface area contributed by atoms with Gasteiger partial charge in [0.1, 0.15) is 0 Å². The lowest BCUT2D eigenvalue weighted by molar-refractivity contribution is 0.0939. The summed E-state index contributed by atoms with van der Waals surface area (Å²) in [7, 11) is 0. The molecule has 1 aromatic heterocycles. The summed E-state index contributed by atoms with van der Waals surface area (Å²) >= 11 is 0. The highest BCUT2D eigenvalue weighted by Gasteiger charge is 2.20. The van der Waals surface area contributed by atoms with E-state index in [0.29, 0.717) is 35.5 Å². The maximum Gasteiger partial charge on any atom is 0.274 e. The van der Waals surface area contributed by atoms with Crippen molar-refractivity contribution in [2.24, 2.45) is 5.92 Å². The molecule has 1 atom stereocenters. The van der Waals surface area contributed by atoms with Crippen LogP contribution >= 0.6 is 0 Å². The quantitative estimate of drug-likeness (QED) is 0.933. The first kappa shape index (κ1) is 15.7. The second-order valence-electron chi connectivity index (χ2n) is 6.18. The van der Waals surface area contributed by atoms with Crippen LogP contribution in [0.4, 0.5) is 0 Å². The molecule has 1 aliphatic heterocycles. The Bertz CT molecular complexity index is 776. The Morgan fingerprint density at radius 3 is 2.78 bits per heavy atom. The van der Waals surface area contributed by atoms with Gasteiger partial charge in [-0.15, -0.1) is 0 Å². The maximum atomic E-state index is 12.6. The first-order chi connectivity index (χ1) is 11.1. The first-order valence-corrected chi connectivity index (χ1v) is 7.95. The van der Waals surface area contributed by atoms with Crippen LogP contribution in [-0.2, 0) is 4.74 Å². The van der Waals surface area contributed by atoms with Gasteiger partial charge >= 0.3 is 0 Å². The van der Waals surface area contributed by atoms with Crippen LogP contribution in [0.5, 0.6) is 0 Å². The molecule has 3 rings (SSSR count). The number of amides is 1. The molecule has 2 heterocycles. The number of carbonyl (C=O) groups is 1. The summed E-state index contributed by atoms with van der Waals surface area (Å²) in [6.45, 7) is 5.75. The van der Waals surface area contributed by atoms with E-state index in [1.165, 1.54) is 4.68 Å². The summed E-state index contributed by atoms with van der Waals surface area (Å²) in [6, 6.07) is 7.00. The van der Waals surface area contributed by atoms with E-state index in [9.17, 15) is 9.59 Å². The zero-order valence-corrected chi connectivity index (χ0v) is 13.4. The molecule has 0 radical (unpaired) electrons. The molecule has 23 heavy (non-hydrogen) atoms. The van der Waals surface area contributed by atoms with Crippen molar-refractivity contribution < 1.29 is 9.53 Å². The number of fused-ring (bicyclic) bond motifs is 1. The van der Waals surface area contributed by atoms with Crippen LogP contribution in [0.15, 0.2) is 29.1 Å². The highest BCUT2D eigenvalue weighted by atomic mass is 16.5. The van der Waals surface area contributed by atoms with E-state index in [1.807, 2.05) is 19.9 Å². The SMILES string of the molecule is CC(C)n1nc(C(=O)NCC2CCOC2)c2ccccc2c1=O. The van der Waals surface area contributed by atoms with Crippen LogP contribution < -0.4 is 10.9 Å².